The van der Waals surface area contributed by atoms with Crippen LogP contribution in [-0.2, 0) is 9.53 Å². The summed E-state index contributed by atoms with van der Waals surface area (Å²) in [6.07, 6.45) is 7.96. The third kappa shape index (κ3) is 3.69. The molecule has 2 saturated heterocycles. The smallest absolute Gasteiger partial charge is 0.242 e. The number of ether oxygens (including phenoxy) is 1. The van der Waals surface area contributed by atoms with Crippen LogP contribution in [0.2, 0.25) is 0 Å². The largest absolute Gasteiger partial charge is 0.376 e. The third-order valence-corrected chi connectivity index (χ3v) is 4.07. The summed E-state index contributed by atoms with van der Waals surface area (Å²) in [5, 5.41) is 0. The van der Waals surface area contributed by atoms with E-state index in [1.54, 1.807) is 18.5 Å². The highest BCUT2D eigenvalue weighted by Crippen LogP contribution is 2.17. The highest BCUT2D eigenvalue weighted by Gasteiger charge is 2.25. The van der Waals surface area contributed by atoms with Crippen molar-refractivity contribution in [3.63, 3.8) is 0 Å². The van der Waals surface area contributed by atoms with Crippen LogP contribution < -0.4 is 4.90 Å². The van der Waals surface area contributed by atoms with Gasteiger partial charge in [-0.05, 0) is 31.7 Å². The Morgan fingerprint density at radius 1 is 1.29 bits per heavy atom. The van der Waals surface area contributed by atoms with Crippen molar-refractivity contribution in [2.75, 3.05) is 37.7 Å². The van der Waals surface area contributed by atoms with E-state index < -0.39 is 0 Å². The monoisotopic (exact) mass is 290 g/mol. The molecule has 0 unspecified atom stereocenters. The zero-order chi connectivity index (χ0) is 14.5. The summed E-state index contributed by atoms with van der Waals surface area (Å²) < 4.78 is 5.69. The molecule has 1 atom stereocenters. The number of amides is 1. The average Bonchev–Trinajstić information content (AvgIpc) is 3.21. The first-order valence-corrected chi connectivity index (χ1v) is 7.74. The van der Waals surface area contributed by atoms with Crippen LogP contribution in [0.15, 0.2) is 18.5 Å². The van der Waals surface area contributed by atoms with Crippen molar-refractivity contribution < 1.29 is 9.53 Å². The van der Waals surface area contributed by atoms with Gasteiger partial charge >= 0.3 is 0 Å². The molecule has 1 aromatic heterocycles. The molecule has 1 amide bonds. The second-order valence-corrected chi connectivity index (χ2v) is 5.65. The molecule has 1 aromatic rings. The maximum Gasteiger partial charge on any atom is 0.242 e. The molecule has 0 saturated carbocycles. The molecule has 3 heterocycles. The van der Waals surface area contributed by atoms with Crippen LogP contribution in [0, 0.1) is 0 Å². The number of hydrogen-bond acceptors (Lipinski definition) is 5. The summed E-state index contributed by atoms with van der Waals surface area (Å²) in [6.45, 7) is 3.59. The summed E-state index contributed by atoms with van der Waals surface area (Å²) in [6, 6.07) is 1.79. The summed E-state index contributed by atoms with van der Waals surface area (Å²) >= 11 is 0. The number of nitrogens with zero attached hydrogens (tertiary/aromatic N) is 4. The fourth-order valence-electron chi connectivity index (χ4n) is 2.94. The van der Waals surface area contributed by atoms with Gasteiger partial charge in [0.2, 0.25) is 11.9 Å². The standard InChI is InChI=1S/C15H22N4O2/c20-14(18-8-1-2-9-18)12-19(11-13-5-3-10-21-13)15-16-6-4-7-17-15/h4,6-7,13H,1-3,5,8-12H2/t13-/m0/s1. The molecule has 0 aromatic carbocycles. The summed E-state index contributed by atoms with van der Waals surface area (Å²) in [7, 11) is 0. The van der Waals surface area contributed by atoms with E-state index >= 15 is 0 Å². The van der Waals surface area contributed by atoms with Gasteiger partial charge in [0.15, 0.2) is 0 Å². The van der Waals surface area contributed by atoms with E-state index in [9.17, 15) is 4.79 Å². The van der Waals surface area contributed by atoms with Gasteiger partial charge in [0.1, 0.15) is 6.54 Å². The van der Waals surface area contributed by atoms with Gasteiger partial charge in [0, 0.05) is 38.6 Å². The highest BCUT2D eigenvalue weighted by molar-refractivity contribution is 5.81. The molecule has 2 fully saturated rings. The van der Waals surface area contributed by atoms with E-state index in [1.165, 1.54) is 0 Å². The molecule has 0 spiro atoms. The van der Waals surface area contributed by atoms with Crippen molar-refractivity contribution in [1.29, 1.82) is 0 Å². The zero-order valence-electron chi connectivity index (χ0n) is 12.3. The fraction of sp³-hybridized carbons (Fsp3) is 0.667. The maximum absolute atomic E-state index is 12.4. The molecular formula is C15H22N4O2. The first-order valence-electron chi connectivity index (χ1n) is 7.74. The Hall–Kier alpha value is -1.69. The topological polar surface area (TPSA) is 58.6 Å². The second-order valence-electron chi connectivity index (χ2n) is 5.65. The molecule has 0 aliphatic carbocycles. The van der Waals surface area contributed by atoms with Crippen LogP contribution in [0.25, 0.3) is 0 Å². The van der Waals surface area contributed by atoms with Gasteiger partial charge in [0.05, 0.1) is 6.10 Å². The number of likely N-dealkylation sites (tertiary alicyclic amines) is 1. The molecule has 6 heteroatoms. The molecule has 3 rings (SSSR count). The lowest BCUT2D eigenvalue weighted by Crippen LogP contribution is -2.42. The molecule has 2 aliphatic heterocycles. The van der Waals surface area contributed by atoms with Crippen molar-refractivity contribution in [3.8, 4) is 0 Å². The number of anilines is 1. The van der Waals surface area contributed by atoms with E-state index in [1.807, 2.05) is 9.80 Å². The fourth-order valence-corrected chi connectivity index (χ4v) is 2.94. The van der Waals surface area contributed by atoms with Crippen molar-refractivity contribution in [3.05, 3.63) is 18.5 Å². The number of aromatic nitrogens is 2. The molecule has 114 valence electrons. The molecule has 2 aliphatic rings. The first-order chi connectivity index (χ1) is 10.3. The predicted molar refractivity (Wildman–Crippen MR) is 79.0 cm³/mol. The van der Waals surface area contributed by atoms with Gasteiger partial charge in [-0.25, -0.2) is 9.97 Å². The lowest BCUT2D eigenvalue weighted by molar-refractivity contribution is -0.128. The van der Waals surface area contributed by atoms with Gasteiger partial charge in [0.25, 0.3) is 0 Å². The third-order valence-electron chi connectivity index (χ3n) is 4.07. The van der Waals surface area contributed by atoms with Gasteiger partial charge in [-0.3, -0.25) is 4.79 Å². The molecule has 6 nitrogen and oxygen atoms in total. The van der Waals surface area contributed by atoms with E-state index in [4.69, 9.17) is 4.74 Å². The molecule has 0 N–H and O–H groups in total. The van der Waals surface area contributed by atoms with E-state index in [-0.39, 0.29) is 12.0 Å². The van der Waals surface area contributed by atoms with Crippen molar-refractivity contribution in [2.24, 2.45) is 0 Å². The minimum Gasteiger partial charge on any atom is -0.376 e. The van der Waals surface area contributed by atoms with E-state index in [2.05, 4.69) is 9.97 Å². The summed E-state index contributed by atoms with van der Waals surface area (Å²) in [5.74, 6) is 0.776. The molecule has 0 radical (unpaired) electrons. The Labute approximate surface area is 125 Å². The van der Waals surface area contributed by atoms with Crippen LogP contribution in [0.5, 0.6) is 0 Å². The van der Waals surface area contributed by atoms with Gasteiger partial charge in [-0.1, -0.05) is 0 Å². The van der Waals surface area contributed by atoms with Crippen LogP contribution in [0.4, 0.5) is 5.95 Å². The van der Waals surface area contributed by atoms with E-state index in [0.29, 0.717) is 19.0 Å². The Balaban J connectivity index is 1.67. The van der Waals surface area contributed by atoms with Crippen LogP contribution in [0.1, 0.15) is 25.7 Å². The Bertz CT molecular complexity index is 456. The summed E-state index contributed by atoms with van der Waals surface area (Å²) in [5.41, 5.74) is 0. The minimum absolute atomic E-state index is 0.165. The average molecular weight is 290 g/mol. The quantitative estimate of drug-likeness (QED) is 0.812. The van der Waals surface area contributed by atoms with Gasteiger partial charge in [-0.15, -0.1) is 0 Å². The predicted octanol–water partition coefficient (Wildman–Crippen LogP) is 1.08. The number of rotatable bonds is 5. The Kier molecular flexibility index (Phi) is 4.65. The van der Waals surface area contributed by atoms with Gasteiger partial charge < -0.3 is 14.5 Å². The van der Waals surface area contributed by atoms with Crippen molar-refractivity contribution >= 4 is 11.9 Å². The number of carbonyl (C=O) groups excluding carboxylic acids is 1. The number of hydrogen-bond donors (Lipinski definition) is 0. The van der Waals surface area contributed by atoms with Crippen molar-refractivity contribution in [2.45, 2.75) is 31.8 Å². The second kappa shape index (κ2) is 6.85. The number of carbonyl (C=O) groups is 1. The normalized spacial score (nSPS) is 21.7. The zero-order valence-corrected chi connectivity index (χ0v) is 12.3. The summed E-state index contributed by atoms with van der Waals surface area (Å²) in [4.78, 5) is 24.9. The van der Waals surface area contributed by atoms with Gasteiger partial charge in [-0.2, -0.15) is 0 Å². The SMILES string of the molecule is O=C(CN(C[C@@H]1CCCO1)c1ncccn1)N1CCCC1. The van der Waals surface area contributed by atoms with E-state index in [0.717, 1.165) is 45.4 Å². The minimum atomic E-state index is 0.165. The molecule has 21 heavy (non-hydrogen) atoms. The van der Waals surface area contributed by atoms with Crippen LogP contribution in [-0.4, -0.2) is 59.7 Å². The van der Waals surface area contributed by atoms with Crippen molar-refractivity contribution in [1.82, 2.24) is 14.9 Å². The molecule has 0 bridgehead atoms. The Morgan fingerprint density at radius 2 is 2.05 bits per heavy atom. The van der Waals surface area contributed by atoms with Crippen LogP contribution >= 0.6 is 0 Å². The Morgan fingerprint density at radius 3 is 2.71 bits per heavy atom. The lowest BCUT2D eigenvalue weighted by Gasteiger charge is -2.26. The highest BCUT2D eigenvalue weighted by atomic mass is 16.5. The molecular weight excluding hydrogens is 268 g/mol. The maximum atomic E-state index is 12.4. The lowest BCUT2D eigenvalue weighted by atomic mass is 10.2. The van der Waals surface area contributed by atoms with Crippen LogP contribution in [0.3, 0.4) is 0 Å². The first kappa shape index (κ1) is 14.3.